The number of piperidine rings is 1. The SMILES string of the molecule is CCCCCCCCCCCC(CCCCOP(CO)OCCCN1CCCCC1)OCc1ccc(F)cc1F. The van der Waals surface area contributed by atoms with E-state index in [4.69, 9.17) is 13.8 Å². The van der Waals surface area contributed by atoms with Gasteiger partial charge in [0, 0.05) is 18.2 Å². The Balaban J connectivity index is 1.63. The lowest BCUT2D eigenvalue weighted by molar-refractivity contribution is 0.0242. The van der Waals surface area contributed by atoms with E-state index in [1.165, 1.54) is 95.9 Å². The summed E-state index contributed by atoms with van der Waals surface area (Å²) in [5.41, 5.74) is 0.396. The van der Waals surface area contributed by atoms with Gasteiger partial charge in [0.25, 0.3) is 0 Å². The van der Waals surface area contributed by atoms with Gasteiger partial charge < -0.3 is 23.8 Å². The first kappa shape index (κ1) is 35.5. The van der Waals surface area contributed by atoms with Gasteiger partial charge in [-0.25, -0.2) is 8.78 Å². The molecular weight excluding hydrogens is 531 g/mol. The van der Waals surface area contributed by atoms with Crippen LogP contribution in [-0.4, -0.2) is 55.3 Å². The molecule has 1 aliphatic heterocycles. The van der Waals surface area contributed by atoms with E-state index in [1.54, 1.807) is 0 Å². The third-order valence-corrected chi connectivity index (χ3v) is 8.87. The fourth-order valence-electron chi connectivity index (χ4n) is 5.24. The van der Waals surface area contributed by atoms with Crippen molar-refractivity contribution in [2.75, 3.05) is 39.2 Å². The maximum Gasteiger partial charge on any atom is 0.198 e. The van der Waals surface area contributed by atoms with Crippen molar-refractivity contribution < 1.29 is 27.7 Å². The quantitative estimate of drug-likeness (QED) is 0.0913. The Morgan fingerprint density at radius 1 is 0.825 bits per heavy atom. The molecule has 5 nitrogen and oxygen atoms in total. The molecule has 1 aliphatic rings. The molecule has 1 N–H and O–H groups in total. The number of likely N-dealkylation sites (tertiary alicyclic amines) is 1. The lowest BCUT2D eigenvalue weighted by Crippen LogP contribution is -2.31. The fourth-order valence-corrected chi connectivity index (χ4v) is 6.14. The van der Waals surface area contributed by atoms with E-state index in [2.05, 4.69) is 11.8 Å². The summed E-state index contributed by atoms with van der Waals surface area (Å²) in [6, 6.07) is 3.67. The fraction of sp³-hybridized carbons (Fsp3) is 0.812. The predicted molar refractivity (Wildman–Crippen MR) is 161 cm³/mol. The van der Waals surface area contributed by atoms with E-state index in [-0.39, 0.29) is 19.1 Å². The van der Waals surface area contributed by atoms with Crippen LogP contribution in [0.25, 0.3) is 0 Å². The van der Waals surface area contributed by atoms with Gasteiger partial charge in [-0.15, -0.1) is 0 Å². The van der Waals surface area contributed by atoms with Crippen molar-refractivity contribution in [3.63, 3.8) is 0 Å². The summed E-state index contributed by atoms with van der Waals surface area (Å²) >= 11 is 0. The van der Waals surface area contributed by atoms with Crippen molar-refractivity contribution in [3.05, 3.63) is 35.4 Å². The molecule has 8 heteroatoms. The summed E-state index contributed by atoms with van der Waals surface area (Å²) in [6.45, 7) is 7.01. The summed E-state index contributed by atoms with van der Waals surface area (Å²) in [5, 5.41) is 9.64. The molecule has 0 spiro atoms. The summed E-state index contributed by atoms with van der Waals surface area (Å²) < 4.78 is 45.1. The van der Waals surface area contributed by atoms with Crippen LogP contribution < -0.4 is 0 Å². The van der Waals surface area contributed by atoms with Crippen molar-refractivity contribution in [2.24, 2.45) is 0 Å². The van der Waals surface area contributed by atoms with Crippen molar-refractivity contribution in [1.82, 2.24) is 4.90 Å². The van der Waals surface area contributed by atoms with Gasteiger partial charge in [0.2, 0.25) is 0 Å². The van der Waals surface area contributed by atoms with E-state index in [1.807, 2.05) is 0 Å². The number of aliphatic hydroxyl groups excluding tert-OH is 1. The second kappa shape index (κ2) is 23.8. The highest BCUT2D eigenvalue weighted by atomic mass is 31.2. The number of benzene rings is 1. The number of hydrogen-bond acceptors (Lipinski definition) is 5. The molecule has 1 aromatic rings. The Kier molecular flexibility index (Phi) is 21.1. The molecule has 0 aliphatic carbocycles. The molecule has 2 rings (SSSR count). The van der Waals surface area contributed by atoms with E-state index in [0.29, 0.717) is 18.8 Å². The smallest absolute Gasteiger partial charge is 0.198 e. The van der Waals surface area contributed by atoms with Crippen LogP contribution in [0.1, 0.15) is 122 Å². The molecular formula is C32H56F2NO4P. The summed E-state index contributed by atoms with van der Waals surface area (Å²) in [4.78, 5) is 2.49. The average Bonchev–Trinajstić information content (AvgIpc) is 2.96. The lowest BCUT2D eigenvalue weighted by Gasteiger charge is -2.26. The third kappa shape index (κ3) is 17.3. The standard InChI is InChI=1S/C32H56F2NO4P/c1-2-3-4-5-6-7-8-9-11-17-31(37-27-29-19-20-30(33)26-32(29)34)18-12-15-24-38-40(28-36)39-25-16-23-35-21-13-10-14-22-35/h19-20,26,31,36H,2-18,21-25,27-28H2,1H3. The Labute approximate surface area is 244 Å². The minimum Gasteiger partial charge on any atom is -0.387 e. The van der Waals surface area contributed by atoms with E-state index < -0.39 is 20.0 Å². The molecule has 1 saturated heterocycles. The number of nitrogens with zero attached hydrogens (tertiary/aromatic N) is 1. The van der Waals surface area contributed by atoms with Crippen LogP contribution in [-0.2, 0) is 20.4 Å². The minimum absolute atomic E-state index is 0.0411. The Morgan fingerprint density at radius 3 is 2.10 bits per heavy atom. The number of rotatable bonds is 25. The van der Waals surface area contributed by atoms with Crippen LogP contribution in [0.15, 0.2) is 18.2 Å². The molecule has 0 amide bonds. The van der Waals surface area contributed by atoms with Crippen LogP contribution in [0.5, 0.6) is 0 Å². The maximum atomic E-state index is 14.1. The highest BCUT2D eigenvalue weighted by Crippen LogP contribution is 2.37. The molecule has 40 heavy (non-hydrogen) atoms. The Bertz CT molecular complexity index is 739. The van der Waals surface area contributed by atoms with Crippen molar-refractivity contribution in [2.45, 2.75) is 129 Å². The van der Waals surface area contributed by atoms with Crippen LogP contribution in [0.3, 0.4) is 0 Å². The van der Waals surface area contributed by atoms with Gasteiger partial charge in [0.15, 0.2) is 8.38 Å². The molecule has 0 saturated carbocycles. The first-order valence-electron chi connectivity index (χ1n) is 16.0. The second-order valence-corrected chi connectivity index (χ2v) is 12.6. The maximum absolute atomic E-state index is 14.1. The zero-order valence-electron chi connectivity index (χ0n) is 25.1. The molecule has 0 bridgehead atoms. The van der Waals surface area contributed by atoms with Crippen LogP contribution >= 0.6 is 8.38 Å². The van der Waals surface area contributed by atoms with Gasteiger partial charge in [-0.3, -0.25) is 0 Å². The van der Waals surface area contributed by atoms with Crippen LogP contribution in [0.4, 0.5) is 8.78 Å². The average molecular weight is 588 g/mol. The monoisotopic (exact) mass is 587 g/mol. The van der Waals surface area contributed by atoms with Gasteiger partial charge in [-0.05, 0) is 64.1 Å². The van der Waals surface area contributed by atoms with Gasteiger partial charge in [-0.1, -0.05) is 77.2 Å². The van der Waals surface area contributed by atoms with Crippen LogP contribution in [0, 0.1) is 11.6 Å². The molecule has 2 atom stereocenters. The van der Waals surface area contributed by atoms with Crippen molar-refractivity contribution in [3.8, 4) is 0 Å². The zero-order chi connectivity index (χ0) is 28.7. The molecule has 0 aromatic heterocycles. The highest BCUT2D eigenvalue weighted by Gasteiger charge is 2.14. The summed E-state index contributed by atoms with van der Waals surface area (Å²) in [7, 11) is -1.25. The van der Waals surface area contributed by atoms with Crippen molar-refractivity contribution >= 4 is 8.38 Å². The van der Waals surface area contributed by atoms with E-state index in [9.17, 15) is 13.9 Å². The normalized spacial score (nSPS) is 15.9. The van der Waals surface area contributed by atoms with Gasteiger partial charge in [0.1, 0.15) is 18.0 Å². The molecule has 2 unspecified atom stereocenters. The molecule has 0 radical (unpaired) electrons. The molecule has 1 heterocycles. The first-order chi connectivity index (χ1) is 19.6. The topological polar surface area (TPSA) is 51.2 Å². The lowest BCUT2D eigenvalue weighted by atomic mass is 10.0. The third-order valence-electron chi connectivity index (χ3n) is 7.69. The number of hydrogen-bond donors (Lipinski definition) is 1. The Morgan fingerprint density at radius 2 is 1.45 bits per heavy atom. The first-order valence-corrected chi connectivity index (χ1v) is 17.4. The highest BCUT2D eigenvalue weighted by molar-refractivity contribution is 7.46. The number of halogens is 2. The zero-order valence-corrected chi connectivity index (χ0v) is 26.0. The Hall–Kier alpha value is -0.690. The van der Waals surface area contributed by atoms with E-state index in [0.717, 1.165) is 51.1 Å². The van der Waals surface area contributed by atoms with Gasteiger partial charge >= 0.3 is 0 Å². The van der Waals surface area contributed by atoms with Gasteiger partial charge in [0.05, 0.1) is 25.9 Å². The molecule has 232 valence electrons. The van der Waals surface area contributed by atoms with Crippen LogP contribution in [0.2, 0.25) is 0 Å². The predicted octanol–water partition coefficient (Wildman–Crippen LogP) is 9.11. The summed E-state index contributed by atoms with van der Waals surface area (Å²) in [5.74, 6) is -1.12. The molecule has 1 aromatic carbocycles. The summed E-state index contributed by atoms with van der Waals surface area (Å²) in [6.07, 6.45) is 19.9. The number of unbranched alkanes of at least 4 members (excludes halogenated alkanes) is 9. The van der Waals surface area contributed by atoms with Crippen molar-refractivity contribution in [1.29, 1.82) is 0 Å². The largest absolute Gasteiger partial charge is 0.387 e. The second-order valence-electron chi connectivity index (χ2n) is 11.2. The minimum atomic E-state index is -1.25. The van der Waals surface area contributed by atoms with E-state index >= 15 is 0 Å². The number of aliphatic hydroxyl groups is 1. The molecule has 1 fully saturated rings. The van der Waals surface area contributed by atoms with Gasteiger partial charge in [-0.2, -0.15) is 0 Å². The number of ether oxygens (including phenoxy) is 1.